The van der Waals surface area contributed by atoms with Gasteiger partial charge in [-0.1, -0.05) is 35.3 Å². The maximum absolute atomic E-state index is 9.74. The lowest BCUT2D eigenvalue weighted by Gasteiger charge is -2.10. The van der Waals surface area contributed by atoms with Crippen LogP contribution in [0.2, 0.25) is 10.0 Å². The zero-order valence-corrected chi connectivity index (χ0v) is 8.97. The van der Waals surface area contributed by atoms with Crippen LogP contribution >= 0.6 is 23.2 Å². The predicted octanol–water partition coefficient (Wildman–Crippen LogP) is 3.14. The molecule has 0 amide bonds. The lowest BCUT2D eigenvalue weighted by Crippen LogP contribution is -1.88. The number of nitrogen functional groups attached to an aromatic ring is 1. The van der Waals surface area contributed by atoms with E-state index < -0.39 is 0 Å². The molecule has 0 atom stereocenters. The SMILES string of the molecule is Nc1cccc2c(O)c(Cl)c(Cl)c(O)c12. The van der Waals surface area contributed by atoms with Crippen molar-refractivity contribution in [1.82, 2.24) is 0 Å². The Balaban J connectivity index is 3.08. The van der Waals surface area contributed by atoms with Crippen molar-refractivity contribution in [3.8, 4) is 11.5 Å². The first-order chi connectivity index (χ1) is 7.04. The molecule has 0 spiro atoms. The van der Waals surface area contributed by atoms with E-state index in [2.05, 4.69) is 0 Å². The maximum Gasteiger partial charge on any atom is 0.145 e. The summed E-state index contributed by atoms with van der Waals surface area (Å²) in [6.45, 7) is 0. The normalized spacial score (nSPS) is 10.8. The maximum atomic E-state index is 9.74. The van der Waals surface area contributed by atoms with Crippen LogP contribution in [0.4, 0.5) is 5.69 Å². The number of phenols is 2. The summed E-state index contributed by atoms with van der Waals surface area (Å²) in [5.41, 5.74) is 6.00. The summed E-state index contributed by atoms with van der Waals surface area (Å²) in [5.74, 6) is -0.394. The number of hydrogen-bond acceptors (Lipinski definition) is 3. The molecule has 0 fully saturated rings. The molecule has 0 aliphatic rings. The van der Waals surface area contributed by atoms with Gasteiger partial charge in [0.05, 0.1) is 5.39 Å². The van der Waals surface area contributed by atoms with E-state index in [4.69, 9.17) is 28.9 Å². The molecule has 0 radical (unpaired) electrons. The van der Waals surface area contributed by atoms with Crippen molar-refractivity contribution in [3.05, 3.63) is 28.2 Å². The number of rotatable bonds is 0. The van der Waals surface area contributed by atoms with Gasteiger partial charge in [0, 0.05) is 11.1 Å². The van der Waals surface area contributed by atoms with Crippen LogP contribution in [0.25, 0.3) is 10.8 Å². The first-order valence-electron chi connectivity index (χ1n) is 4.11. The molecule has 0 saturated heterocycles. The summed E-state index contributed by atoms with van der Waals surface area (Å²) >= 11 is 11.5. The summed E-state index contributed by atoms with van der Waals surface area (Å²) in [5, 5.41) is 20.0. The number of anilines is 1. The molecule has 78 valence electrons. The first-order valence-corrected chi connectivity index (χ1v) is 4.86. The molecule has 0 aromatic heterocycles. The molecule has 2 aromatic carbocycles. The first kappa shape index (κ1) is 10.2. The Morgan fingerprint density at radius 3 is 2.27 bits per heavy atom. The van der Waals surface area contributed by atoms with Crippen LogP contribution in [0.15, 0.2) is 18.2 Å². The Morgan fingerprint density at radius 1 is 1.00 bits per heavy atom. The van der Waals surface area contributed by atoms with Gasteiger partial charge in [-0.3, -0.25) is 0 Å². The molecule has 0 aliphatic carbocycles. The Hall–Kier alpha value is -1.32. The van der Waals surface area contributed by atoms with Gasteiger partial charge in [0.1, 0.15) is 21.5 Å². The minimum atomic E-state index is -0.215. The molecular formula is C10H7Cl2NO2. The number of aromatic hydroxyl groups is 2. The molecular weight excluding hydrogens is 237 g/mol. The fourth-order valence-electron chi connectivity index (χ4n) is 1.47. The van der Waals surface area contributed by atoms with Crippen molar-refractivity contribution in [2.75, 3.05) is 5.73 Å². The van der Waals surface area contributed by atoms with Crippen molar-refractivity contribution in [2.45, 2.75) is 0 Å². The number of nitrogens with two attached hydrogens (primary N) is 1. The number of halogens is 2. The second-order valence-electron chi connectivity index (χ2n) is 3.09. The summed E-state index contributed by atoms with van der Waals surface area (Å²) in [6, 6.07) is 4.86. The zero-order chi connectivity index (χ0) is 11.2. The monoisotopic (exact) mass is 243 g/mol. The highest BCUT2D eigenvalue weighted by molar-refractivity contribution is 6.45. The van der Waals surface area contributed by atoms with Crippen LogP contribution in [-0.4, -0.2) is 10.2 Å². The number of hydrogen-bond donors (Lipinski definition) is 3. The van der Waals surface area contributed by atoms with E-state index in [1.165, 1.54) is 0 Å². The third-order valence-corrected chi connectivity index (χ3v) is 3.03. The Morgan fingerprint density at radius 2 is 1.60 bits per heavy atom. The van der Waals surface area contributed by atoms with Crippen LogP contribution in [0.3, 0.4) is 0 Å². The van der Waals surface area contributed by atoms with Crippen molar-refractivity contribution in [2.24, 2.45) is 0 Å². The molecule has 0 bridgehead atoms. The van der Waals surface area contributed by atoms with Gasteiger partial charge >= 0.3 is 0 Å². The smallest absolute Gasteiger partial charge is 0.145 e. The summed E-state index contributed by atoms with van der Waals surface area (Å²) < 4.78 is 0. The Bertz CT molecular complexity index is 555. The van der Waals surface area contributed by atoms with Crippen LogP contribution in [-0.2, 0) is 0 Å². The Labute approximate surface area is 95.6 Å². The topological polar surface area (TPSA) is 66.5 Å². The van der Waals surface area contributed by atoms with E-state index in [0.29, 0.717) is 16.5 Å². The average Bonchev–Trinajstić information content (AvgIpc) is 2.23. The van der Waals surface area contributed by atoms with Crippen LogP contribution in [0.1, 0.15) is 0 Å². The largest absolute Gasteiger partial charge is 0.506 e. The molecule has 0 saturated carbocycles. The fourth-order valence-corrected chi connectivity index (χ4v) is 1.84. The van der Waals surface area contributed by atoms with Gasteiger partial charge in [0.25, 0.3) is 0 Å². The standard InChI is InChI=1S/C10H7Cl2NO2/c11-7-8(12)10(15)6-4(9(7)14)2-1-3-5(6)13/h1-3,14-15H,13H2. The molecule has 2 aromatic rings. The summed E-state index contributed by atoms with van der Waals surface area (Å²) in [6.07, 6.45) is 0. The van der Waals surface area contributed by atoms with E-state index in [0.717, 1.165) is 0 Å². The highest BCUT2D eigenvalue weighted by atomic mass is 35.5. The molecule has 15 heavy (non-hydrogen) atoms. The average molecular weight is 244 g/mol. The fraction of sp³-hybridized carbons (Fsp3) is 0. The molecule has 0 heterocycles. The quantitative estimate of drug-likeness (QED) is 0.492. The van der Waals surface area contributed by atoms with Crippen molar-refractivity contribution >= 4 is 39.7 Å². The van der Waals surface area contributed by atoms with Gasteiger partial charge in [-0.25, -0.2) is 0 Å². The molecule has 4 N–H and O–H groups in total. The van der Waals surface area contributed by atoms with E-state index >= 15 is 0 Å². The second kappa shape index (κ2) is 3.36. The van der Waals surface area contributed by atoms with E-state index in [1.54, 1.807) is 18.2 Å². The Kier molecular flexibility index (Phi) is 2.29. The minimum absolute atomic E-state index is 0.0766. The zero-order valence-electron chi connectivity index (χ0n) is 7.46. The lowest BCUT2D eigenvalue weighted by atomic mass is 10.1. The third kappa shape index (κ3) is 1.35. The molecule has 0 unspecified atom stereocenters. The number of phenolic OH excluding ortho intramolecular Hbond substituents is 2. The molecule has 2 rings (SSSR count). The van der Waals surface area contributed by atoms with Gasteiger partial charge in [0.2, 0.25) is 0 Å². The van der Waals surface area contributed by atoms with E-state index in [9.17, 15) is 10.2 Å². The van der Waals surface area contributed by atoms with Gasteiger partial charge in [-0.15, -0.1) is 0 Å². The van der Waals surface area contributed by atoms with E-state index in [-0.39, 0.29) is 21.5 Å². The minimum Gasteiger partial charge on any atom is -0.506 e. The van der Waals surface area contributed by atoms with Crippen molar-refractivity contribution in [3.63, 3.8) is 0 Å². The van der Waals surface area contributed by atoms with Crippen LogP contribution < -0.4 is 5.73 Å². The van der Waals surface area contributed by atoms with Crippen molar-refractivity contribution in [1.29, 1.82) is 0 Å². The lowest BCUT2D eigenvalue weighted by molar-refractivity contribution is 0.470. The molecule has 5 heteroatoms. The van der Waals surface area contributed by atoms with Crippen LogP contribution in [0.5, 0.6) is 11.5 Å². The van der Waals surface area contributed by atoms with Crippen LogP contribution in [0, 0.1) is 0 Å². The van der Waals surface area contributed by atoms with Gasteiger partial charge in [-0.2, -0.15) is 0 Å². The molecule has 0 aliphatic heterocycles. The number of benzene rings is 2. The van der Waals surface area contributed by atoms with Gasteiger partial charge in [-0.05, 0) is 6.07 Å². The van der Waals surface area contributed by atoms with Gasteiger partial charge in [0.15, 0.2) is 0 Å². The summed E-state index contributed by atoms with van der Waals surface area (Å²) in [4.78, 5) is 0. The summed E-state index contributed by atoms with van der Waals surface area (Å²) in [7, 11) is 0. The van der Waals surface area contributed by atoms with Gasteiger partial charge < -0.3 is 15.9 Å². The highest BCUT2D eigenvalue weighted by Crippen LogP contribution is 2.46. The third-order valence-electron chi connectivity index (χ3n) is 2.20. The molecule has 3 nitrogen and oxygen atoms in total. The predicted molar refractivity (Wildman–Crippen MR) is 61.7 cm³/mol. The van der Waals surface area contributed by atoms with E-state index in [1.807, 2.05) is 0 Å². The van der Waals surface area contributed by atoms with Crippen molar-refractivity contribution < 1.29 is 10.2 Å². The number of fused-ring (bicyclic) bond motifs is 1. The highest BCUT2D eigenvalue weighted by Gasteiger charge is 2.17. The second-order valence-corrected chi connectivity index (χ2v) is 3.85.